The van der Waals surface area contributed by atoms with Crippen LogP contribution in [0, 0.1) is 0 Å². The molecule has 2 aromatic heterocycles. The van der Waals surface area contributed by atoms with Crippen molar-refractivity contribution in [3.63, 3.8) is 0 Å². The number of amides is 1. The standard InChI is InChI=1S/C21H19NO3S2/c1-22(2)20(23)19(15-8-4-3-5-9-15)25-21(24)17(18-11-7-13-27-18)14-16-10-6-12-26-16/h3-14,19H,1-2H3/b17-14+/t19-/m0/s1. The average molecular weight is 398 g/mol. The molecule has 0 aliphatic heterocycles. The van der Waals surface area contributed by atoms with E-state index >= 15 is 0 Å². The van der Waals surface area contributed by atoms with Gasteiger partial charge in [0.1, 0.15) is 0 Å². The van der Waals surface area contributed by atoms with Crippen molar-refractivity contribution in [2.24, 2.45) is 0 Å². The number of esters is 1. The Morgan fingerprint density at radius 3 is 2.26 bits per heavy atom. The van der Waals surface area contributed by atoms with Crippen LogP contribution in [0.4, 0.5) is 0 Å². The van der Waals surface area contributed by atoms with Crippen LogP contribution >= 0.6 is 22.7 Å². The van der Waals surface area contributed by atoms with Crippen LogP contribution in [0.1, 0.15) is 21.4 Å². The van der Waals surface area contributed by atoms with Crippen LogP contribution in [-0.4, -0.2) is 30.9 Å². The highest BCUT2D eigenvalue weighted by Gasteiger charge is 2.28. The normalized spacial score (nSPS) is 12.4. The van der Waals surface area contributed by atoms with Gasteiger partial charge in [-0.1, -0.05) is 42.5 Å². The molecule has 0 bridgehead atoms. The van der Waals surface area contributed by atoms with Gasteiger partial charge >= 0.3 is 5.97 Å². The topological polar surface area (TPSA) is 46.6 Å². The van der Waals surface area contributed by atoms with Gasteiger partial charge in [0.2, 0.25) is 6.10 Å². The van der Waals surface area contributed by atoms with Crippen LogP contribution in [0.3, 0.4) is 0 Å². The molecule has 6 heteroatoms. The Morgan fingerprint density at radius 1 is 0.963 bits per heavy atom. The van der Waals surface area contributed by atoms with Gasteiger partial charge < -0.3 is 9.64 Å². The van der Waals surface area contributed by atoms with Gasteiger partial charge in [0.05, 0.1) is 5.57 Å². The van der Waals surface area contributed by atoms with Crippen molar-refractivity contribution in [3.05, 3.63) is 80.7 Å². The highest BCUT2D eigenvalue weighted by atomic mass is 32.1. The van der Waals surface area contributed by atoms with E-state index < -0.39 is 12.1 Å². The zero-order chi connectivity index (χ0) is 19.2. The third-order valence-electron chi connectivity index (χ3n) is 3.83. The van der Waals surface area contributed by atoms with Gasteiger partial charge in [0, 0.05) is 29.4 Å². The Labute approximate surface area is 166 Å². The first-order chi connectivity index (χ1) is 13.1. The number of carbonyl (C=O) groups excluding carboxylic acids is 2. The van der Waals surface area contributed by atoms with E-state index in [1.54, 1.807) is 32.3 Å². The molecule has 0 N–H and O–H groups in total. The fraction of sp³-hybridized carbons (Fsp3) is 0.143. The molecule has 1 amide bonds. The second-order valence-corrected chi connectivity index (χ2v) is 7.91. The maximum atomic E-state index is 13.0. The summed E-state index contributed by atoms with van der Waals surface area (Å²) in [5, 5.41) is 3.86. The summed E-state index contributed by atoms with van der Waals surface area (Å²) in [7, 11) is 3.29. The predicted octanol–water partition coefficient (Wildman–Crippen LogP) is 4.72. The lowest BCUT2D eigenvalue weighted by Gasteiger charge is -2.21. The second kappa shape index (κ2) is 8.79. The van der Waals surface area contributed by atoms with Crippen molar-refractivity contribution >= 4 is 46.2 Å². The number of rotatable bonds is 6. The fourth-order valence-corrected chi connectivity index (χ4v) is 3.86. The van der Waals surface area contributed by atoms with Crippen LogP contribution in [-0.2, 0) is 14.3 Å². The predicted molar refractivity (Wildman–Crippen MR) is 110 cm³/mol. The second-order valence-electron chi connectivity index (χ2n) is 5.98. The van der Waals surface area contributed by atoms with E-state index in [0.29, 0.717) is 11.1 Å². The third-order valence-corrected chi connectivity index (χ3v) is 5.55. The molecule has 0 fully saturated rings. The zero-order valence-corrected chi connectivity index (χ0v) is 16.6. The minimum Gasteiger partial charge on any atom is -0.444 e. The molecule has 0 aliphatic carbocycles. The highest BCUT2D eigenvalue weighted by Crippen LogP contribution is 2.29. The molecular formula is C21H19NO3S2. The quantitative estimate of drug-likeness (QED) is 0.446. The van der Waals surface area contributed by atoms with Crippen LogP contribution in [0.5, 0.6) is 0 Å². The minimum atomic E-state index is -0.986. The van der Waals surface area contributed by atoms with E-state index in [1.165, 1.54) is 27.6 Å². The van der Waals surface area contributed by atoms with Crippen molar-refractivity contribution in [2.45, 2.75) is 6.10 Å². The Balaban J connectivity index is 1.94. The Kier molecular flexibility index (Phi) is 6.21. The summed E-state index contributed by atoms with van der Waals surface area (Å²) in [5.41, 5.74) is 1.09. The lowest BCUT2D eigenvalue weighted by molar-refractivity contribution is -0.155. The summed E-state index contributed by atoms with van der Waals surface area (Å²) in [4.78, 5) is 28.8. The molecule has 4 nitrogen and oxygen atoms in total. The first-order valence-electron chi connectivity index (χ1n) is 8.32. The SMILES string of the molecule is CN(C)C(=O)[C@@H](OC(=O)/C(=C/c1cccs1)c1cccs1)c1ccccc1. The number of nitrogens with zero attached hydrogens (tertiary/aromatic N) is 1. The number of ether oxygens (including phenoxy) is 1. The molecule has 0 saturated heterocycles. The van der Waals surface area contributed by atoms with Crippen molar-refractivity contribution in [3.8, 4) is 0 Å². The molecule has 0 unspecified atom stereocenters. The van der Waals surface area contributed by atoms with Gasteiger partial charge in [0.25, 0.3) is 5.91 Å². The van der Waals surface area contributed by atoms with Gasteiger partial charge in [-0.3, -0.25) is 4.79 Å². The Hall–Kier alpha value is -2.70. The average Bonchev–Trinajstić information content (AvgIpc) is 3.37. The van der Waals surface area contributed by atoms with E-state index in [-0.39, 0.29) is 5.91 Å². The number of hydrogen-bond donors (Lipinski definition) is 0. The van der Waals surface area contributed by atoms with Crippen LogP contribution in [0.2, 0.25) is 0 Å². The van der Waals surface area contributed by atoms with Crippen LogP contribution < -0.4 is 0 Å². The minimum absolute atomic E-state index is 0.281. The van der Waals surface area contributed by atoms with Crippen molar-refractivity contribution in [2.75, 3.05) is 14.1 Å². The molecule has 0 aliphatic rings. The summed E-state index contributed by atoms with van der Waals surface area (Å²) < 4.78 is 5.71. The molecule has 1 atom stereocenters. The van der Waals surface area contributed by atoms with Crippen LogP contribution in [0.25, 0.3) is 11.6 Å². The van der Waals surface area contributed by atoms with Gasteiger partial charge in [-0.2, -0.15) is 0 Å². The molecule has 0 saturated carbocycles. The monoisotopic (exact) mass is 397 g/mol. The van der Waals surface area contributed by atoms with E-state index in [2.05, 4.69) is 0 Å². The first-order valence-corrected chi connectivity index (χ1v) is 10.1. The van der Waals surface area contributed by atoms with E-state index in [4.69, 9.17) is 4.74 Å². The number of carbonyl (C=O) groups is 2. The number of likely N-dealkylation sites (N-methyl/N-ethyl adjacent to an activating group) is 1. The number of benzene rings is 1. The summed E-state index contributed by atoms with van der Waals surface area (Å²) in [5.74, 6) is -0.800. The third kappa shape index (κ3) is 4.72. The zero-order valence-electron chi connectivity index (χ0n) is 15.0. The van der Waals surface area contributed by atoms with Gasteiger partial charge in [-0.25, -0.2) is 4.79 Å². The molecular weight excluding hydrogens is 378 g/mol. The van der Waals surface area contributed by atoms with Gasteiger partial charge in [0.15, 0.2) is 0 Å². The molecule has 1 aromatic carbocycles. The first kappa shape index (κ1) is 19.1. The van der Waals surface area contributed by atoms with E-state index in [9.17, 15) is 9.59 Å². The van der Waals surface area contributed by atoms with E-state index in [0.717, 1.165) is 9.75 Å². The smallest absolute Gasteiger partial charge is 0.340 e. The fourth-order valence-electron chi connectivity index (χ4n) is 2.47. The number of thiophene rings is 2. The lowest BCUT2D eigenvalue weighted by atomic mass is 10.1. The number of hydrogen-bond acceptors (Lipinski definition) is 5. The molecule has 138 valence electrons. The molecule has 3 aromatic rings. The molecule has 0 radical (unpaired) electrons. The molecule has 0 spiro atoms. The van der Waals surface area contributed by atoms with Crippen LogP contribution in [0.15, 0.2) is 65.4 Å². The van der Waals surface area contributed by atoms with Crippen molar-refractivity contribution in [1.29, 1.82) is 0 Å². The maximum absolute atomic E-state index is 13.0. The highest BCUT2D eigenvalue weighted by molar-refractivity contribution is 7.12. The molecule has 3 rings (SSSR count). The summed E-state index contributed by atoms with van der Waals surface area (Å²) in [6.07, 6.45) is 0.821. The largest absolute Gasteiger partial charge is 0.444 e. The molecule has 2 heterocycles. The Morgan fingerprint density at radius 2 is 1.67 bits per heavy atom. The lowest BCUT2D eigenvalue weighted by Crippen LogP contribution is -2.31. The van der Waals surface area contributed by atoms with Crippen molar-refractivity contribution in [1.82, 2.24) is 4.90 Å². The van der Waals surface area contributed by atoms with Crippen molar-refractivity contribution < 1.29 is 14.3 Å². The summed E-state index contributed by atoms with van der Waals surface area (Å²) in [6, 6.07) is 16.7. The maximum Gasteiger partial charge on any atom is 0.340 e. The van der Waals surface area contributed by atoms with Gasteiger partial charge in [-0.15, -0.1) is 22.7 Å². The van der Waals surface area contributed by atoms with Gasteiger partial charge in [-0.05, 0) is 29.0 Å². The summed E-state index contributed by atoms with van der Waals surface area (Å²) >= 11 is 3.00. The Bertz CT molecular complexity index is 914. The summed E-state index contributed by atoms with van der Waals surface area (Å²) in [6.45, 7) is 0. The van der Waals surface area contributed by atoms with E-state index in [1.807, 2.05) is 53.2 Å². The molecule has 27 heavy (non-hydrogen) atoms.